The molecule has 0 unspecified atom stereocenters. The Kier molecular flexibility index (Phi) is 5.28. The fourth-order valence-corrected chi connectivity index (χ4v) is 5.19. The van der Waals surface area contributed by atoms with Gasteiger partial charge in [0.1, 0.15) is 0 Å². The van der Waals surface area contributed by atoms with Gasteiger partial charge in [-0.1, -0.05) is 18.2 Å². The van der Waals surface area contributed by atoms with Gasteiger partial charge in [-0.15, -0.1) is 0 Å². The summed E-state index contributed by atoms with van der Waals surface area (Å²) in [6.45, 7) is 7.37. The van der Waals surface area contributed by atoms with E-state index in [0.717, 1.165) is 69.8 Å². The van der Waals surface area contributed by atoms with Gasteiger partial charge >= 0.3 is 0 Å². The number of hydrogen-bond donors (Lipinski definition) is 1. The zero-order chi connectivity index (χ0) is 18.1. The predicted molar refractivity (Wildman–Crippen MR) is 102 cm³/mol. The van der Waals surface area contributed by atoms with Crippen molar-refractivity contribution in [2.45, 2.75) is 31.5 Å². The maximum absolute atomic E-state index is 10.8. The van der Waals surface area contributed by atoms with Gasteiger partial charge in [-0.05, 0) is 43.4 Å². The van der Waals surface area contributed by atoms with E-state index in [-0.39, 0.29) is 6.10 Å². The van der Waals surface area contributed by atoms with Crippen LogP contribution in [0.2, 0.25) is 0 Å². The molecule has 0 radical (unpaired) electrons. The third-order valence-corrected chi connectivity index (χ3v) is 6.72. The Morgan fingerprint density at radius 1 is 1.08 bits per heavy atom. The number of aliphatic hydroxyl groups excluding tert-OH is 1. The average molecular weight is 354 g/mol. The molecule has 0 aromatic heterocycles. The van der Waals surface area contributed by atoms with E-state index in [1.165, 1.54) is 0 Å². The van der Waals surface area contributed by atoms with Crippen molar-refractivity contribution in [3.8, 4) is 6.07 Å². The third-order valence-electron chi connectivity index (χ3n) is 6.72. The lowest BCUT2D eigenvalue weighted by atomic mass is 9.77. The maximum atomic E-state index is 10.8. The van der Waals surface area contributed by atoms with Crippen LogP contribution in [0.25, 0.3) is 0 Å². The van der Waals surface area contributed by atoms with Crippen LogP contribution in [-0.2, 0) is 6.54 Å². The minimum atomic E-state index is -0.189. The molecular formula is C21H30N4O. The van der Waals surface area contributed by atoms with Crippen molar-refractivity contribution in [2.24, 2.45) is 11.8 Å². The highest BCUT2D eigenvalue weighted by Gasteiger charge is 2.43. The second-order valence-corrected chi connectivity index (χ2v) is 8.43. The van der Waals surface area contributed by atoms with Crippen LogP contribution in [0.5, 0.6) is 0 Å². The maximum Gasteiger partial charge on any atom is 0.0995 e. The second-order valence-electron chi connectivity index (χ2n) is 8.43. The number of likely N-dealkylation sites (N-methyl/N-ethyl adjacent to an activating group) is 1. The van der Waals surface area contributed by atoms with E-state index in [1.54, 1.807) is 0 Å². The van der Waals surface area contributed by atoms with Gasteiger partial charge in [0.2, 0.25) is 0 Å². The molecule has 4 rings (SSSR count). The highest BCUT2D eigenvalue weighted by molar-refractivity contribution is 5.37. The number of hydrogen-bond acceptors (Lipinski definition) is 5. The molecule has 1 aliphatic carbocycles. The largest absolute Gasteiger partial charge is 0.391 e. The van der Waals surface area contributed by atoms with Gasteiger partial charge in [0.05, 0.1) is 17.7 Å². The van der Waals surface area contributed by atoms with Crippen molar-refractivity contribution >= 4 is 0 Å². The summed E-state index contributed by atoms with van der Waals surface area (Å²) < 4.78 is 0. The van der Waals surface area contributed by atoms with Crippen LogP contribution in [-0.4, -0.2) is 78.3 Å². The van der Waals surface area contributed by atoms with Crippen molar-refractivity contribution < 1.29 is 5.11 Å². The first-order valence-electron chi connectivity index (χ1n) is 9.95. The highest BCUT2D eigenvalue weighted by atomic mass is 16.3. The molecule has 0 amide bonds. The molecule has 5 nitrogen and oxygen atoms in total. The fraction of sp³-hybridized carbons (Fsp3) is 0.667. The molecule has 3 aliphatic rings. The molecule has 1 aromatic rings. The summed E-state index contributed by atoms with van der Waals surface area (Å²) in [4.78, 5) is 7.39. The number of benzene rings is 1. The normalized spacial score (nSPS) is 33.7. The summed E-state index contributed by atoms with van der Waals surface area (Å²) in [7, 11) is 2.18. The molecule has 2 heterocycles. The van der Waals surface area contributed by atoms with Crippen molar-refractivity contribution in [2.75, 3.05) is 46.3 Å². The number of fused-ring (bicyclic) bond motifs is 1. The van der Waals surface area contributed by atoms with Crippen molar-refractivity contribution in [1.29, 1.82) is 5.26 Å². The average Bonchev–Trinajstić information content (AvgIpc) is 3.03. The molecule has 1 N–H and O–H groups in total. The third kappa shape index (κ3) is 3.65. The standard InChI is InChI=1S/C21H30N4O/c1-23-6-8-25(9-7-23)20-10-18-14-24(15-19(18)11-21(20)26)13-17-5-3-2-4-16(17)12-22/h2-5,18-21,26H,6-11,13-15H2,1H3/t18-,19+,20-,21-/m1/s1. The Hall–Kier alpha value is -1.45. The van der Waals surface area contributed by atoms with E-state index >= 15 is 0 Å². The summed E-state index contributed by atoms with van der Waals surface area (Å²) in [5.41, 5.74) is 1.92. The molecule has 140 valence electrons. The van der Waals surface area contributed by atoms with E-state index in [2.05, 4.69) is 33.9 Å². The van der Waals surface area contributed by atoms with Crippen LogP contribution in [0.15, 0.2) is 24.3 Å². The van der Waals surface area contributed by atoms with E-state index in [4.69, 9.17) is 0 Å². The van der Waals surface area contributed by atoms with Gasteiger partial charge in [0.25, 0.3) is 0 Å². The molecule has 2 aliphatic heterocycles. The van der Waals surface area contributed by atoms with Gasteiger partial charge in [-0.25, -0.2) is 0 Å². The van der Waals surface area contributed by atoms with Gasteiger partial charge < -0.3 is 10.0 Å². The molecular weight excluding hydrogens is 324 g/mol. The minimum absolute atomic E-state index is 0.189. The first-order chi connectivity index (χ1) is 12.6. The van der Waals surface area contributed by atoms with Crippen LogP contribution >= 0.6 is 0 Å². The Balaban J connectivity index is 1.39. The Morgan fingerprint density at radius 2 is 1.77 bits per heavy atom. The first kappa shape index (κ1) is 17.9. The Morgan fingerprint density at radius 3 is 2.50 bits per heavy atom. The number of likely N-dealkylation sites (tertiary alicyclic amines) is 1. The van der Waals surface area contributed by atoms with E-state index in [9.17, 15) is 10.4 Å². The van der Waals surface area contributed by atoms with Crippen molar-refractivity contribution in [1.82, 2.24) is 14.7 Å². The first-order valence-corrected chi connectivity index (χ1v) is 9.95. The van der Waals surface area contributed by atoms with E-state index < -0.39 is 0 Å². The molecule has 1 saturated carbocycles. The number of nitriles is 1. The molecule has 0 bridgehead atoms. The SMILES string of the molecule is CN1CCN([C@@H]2C[C@@H]3CN(Cc4ccccc4C#N)C[C@@H]3C[C@H]2O)CC1. The number of nitrogens with zero attached hydrogens (tertiary/aromatic N) is 4. The molecule has 1 aromatic carbocycles. The van der Waals surface area contributed by atoms with Gasteiger partial charge in [-0.2, -0.15) is 5.26 Å². The summed E-state index contributed by atoms with van der Waals surface area (Å²) in [5.74, 6) is 1.28. The molecule has 2 saturated heterocycles. The topological polar surface area (TPSA) is 53.7 Å². The lowest BCUT2D eigenvalue weighted by Crippen LogP contribution is -2.55. The molecule has 26 heavy (non-hydrogen) atoms. The van der Waals surface area contributed by atoms with Crippen molar-refractivity contribution in [3.05, 3.63) is 35.4 Å². The highest BCUT2D eigenvalue weighted by Crippen LogP contribution is 2.39. The lowest BCUT2D eigenvalue weighted by Gasteiger charge is -2.44. The Bertz CT molecular complexity index is 664. The van der Waals surface area contributed by atoms with Crippen LogP contribution in [0.4, 0.5) is 0 Å². The van der Waals surface area contributed by atoms with Gasteiger partial charge in [0.15, 0.2) is 0 Å². The van der Waals surface area contributed by atoms with Crippen LogP contribution < -0.4 is 0 Å². The predicted octanol–water partition coefficient (Wildman–Crippen LogP) is 1.38. The zero-order valence-corrected chi connectivity index (χ0v) is 15.7. The molecule has 5 heteroatoms. The van der Waals surface area contributed by atoms with E-state index in [0.29, 0.717) is 17.9 Å². The fourth-order valence-electron chi connectivity index (χ4n) is 5.19. The number of aliphatic hydroxyl groups is 1. The number of piperazine rings is 1. The van der Waals surface area contributed by atoms with Gasteiger partial charge in [-0.3, -0.25) is 9.80 Å². The van der Waals surface area contributed by atoms with Crippen LogP contribution in [0.1, 0.15) is 24.0 Å². The zero-order valence-electron chi connectivity index (χ0n) is 15.7. The lowest BCUT2D eigenvalue weighted by molar-refractivity contribution is -0.0249. The number of rotatable bonds is 3. The molecule has 3 fully saturated rings. The van der Waals surface area contributed by atoms with Gasteiger partial charge in [0, 0.05) is 51.9 Å². The van der Waals surface area contributed by atoms with Crippen LogP contribution in [0, 0.1) is 23.2 Å². The molecule has 4 atom stereocenters. The Labute approximate surface area is 156 Å². The second kappa shape index (κ2) is 7.66. The summed E-state index contributed by atoms with van der Waals surface area (Å²) in [5, 5.41) is 20.1. The summed E-state index contributed by atoms with van der Waals surface area (Å²) >= 11 is 0. The summed E-state index contributed by atoms with van der Waals surface area (Å²) in [6.07, 6.45) is 1.86. The van der Waals surface area contributed by atoms with Crippen molar-refractivity contribution in [3.63, 3.8) is 0 Å². The quantitative estimate of drug-likeness (QED) is 0.889. The monoisotopic (exact) mass is 354 g/mol. The minimum Gasteiger partial charge on any atom is -0.391 e. The smallest absolute Gasteiger partial charge is 0.0995 e. The summed E-state index contributed by atoms with van der Waals surface area (Å²) in [6, 6.07) is 10.6. The van der Waals surface area contributed by atoms with Crippen LogP contribution in [0.3, 0.4) is 0 Å². The van der Waals surface area contributed by atoms with E-state index in [1.807, 2.05) is 18.2 Å². The molecule has 0 spiro atoms.